The van der Waals surface area contributed by atoms with Crippen LogP contribution in [0.2, 0.25) is 0 Å². The Morgan fingerprint density at radius 2 is 2.16 bits per heavy atom. The number of methoxy groups -OCH3 is 1. The van der Waals surface area contributed by atoms with E-state index in [1.54, 1.807) is 18.9 Å². The zero-order chi connectivity index (χ0) is 17.6. The predicted octanol–water partition coefficient (Wildman–Crippen LogP) is 2.23. The van der Waals surface area contributed by atoms with Crippen LogP contribution in [0.3, 0.4) is 0 Å². The van der Waals surface area contributed by atoms with E-state index in [0.29, 0.717) is 24.7 Å². The van der Waals surface area contributed by atoms with E-state index in [-0.39, 0.29) is 24.0 Å². The third-order valence-electron chi connectivity index (χ3n) is 5.07. The van der Waals surface area contributed by atoms with E-state index in [1.807, 2.05) is 31.2 Å². The van der Waals surface area contributed by atoms with Crippen LogP contribution in [0.25, 0.3) is 0 Å². The summed E-state index contributed by atoms with van der Waals surface area (Å²) in [5.41, 5.74) is 1.06. The Balaban J connectivity index is 1.60. The van der Waals surface area contributed by atoms with Gasteiger partial charge in [0.1, 0.15) is 11.8 Å². The van der Waals surface area contributed by atoms with Crippen LogP contribution in [-0.4, -0.2) is 46.8 Å². The third-order valence-corrected chi connectivity index (χ3v) is 5.07. The molecule has 0 N–H and O–H groups in total. The van der Waals surface area contributed by atoms with Gasteiger partial charge in [0, 0.05) is 31.6 Å². The molecular weight excluding hydrogens is 322 g/mol. The van der Waals surface area contributed by atoms with Crippen molar-refractivity contribution in [3.05, 3.63) is 41.5 Å². The van der Waals surface area contributed by atoms with Gasteiger partial charge in [-0.05, 0) is 13.0 Å². The van der Waals surface area contributed by atoms with Gasteiger partial charge in [-0.2, -0.15) is 4.98 Å². The van der Waals surface area contributed by atoms with Crippen LogP contribution in [0, 0.1) is 6.92 Å². The van der Waals surface area contributed by atoms with Crippen molar-refractivity contribution in [1.29, 1.82) is 0 Å². The molecule has 0 spiro atoms. The van der Waals surface area contributed by atoms with Gasteiger partial charge in [0.15, 0.2) is 11.9 Å². The lowest BCUT2D eigenvalue weighted by atomic mass is 9.96. The lowest BCUT2D eigenvalue weighted by Crippen LogP contribution is -2.42. The molecule has 1 amide bonds. The first kappa shape index (κ1) is 16.1. The number of amides is 1. The van der Waals surface area contributed by atoms with Crippen molar-refractivity contribution in [2.24, 2.45) is 0 Å². The van der Waals surface area contributed by atoms with E-state index in [9.17, 15) is 4.79 Å². The van der Waals surface area contributed by atoms with Crippen LogP contribution in [0.5, 0.6) is 5.75 Å². The summed E-state index contributed by atoms with van der Waals surface area (Å²) in [6.07, 6.45) is 0.0394. The van der Waals surface area contributed by atoms with Crippen LogP contribution in [0.4, 0.5) is 0 Å². The molecule has 2 aromatic rings. The average molecular weight is 343 g/mol. The number of nitrogens with zero attached hydrogens (tertiary/aromatic N) is 3. The molecule has 25 heavy (non-hydrogen) atoms. The third kappa shape index (κ3) is 2.68. The second-order valence-electron chi connectivity index (χ2n) is 6.64. The molecule has 4 rings (SSSR count). The monoisotopic (exact) mass is 343 g/mol. The summed E-state index contributed by atoms with van der Waals surface area (Å²) in [5.74, 6) is 1.72. The Labute approximate surface area is 145 Å². The highest BCUT2D eigenvalue weighted by Gasteiger charge is 2.46. The van der Waals surface area contributed by atoms with Crippen molar-refractivity contribution in [1.82, 2.24) is 15.0 Å². The number of fused-ring (bicyclic) bond motifs is 1. The fraction of sp³-hybridized carbons (Fsp3) is 0.500. The summed E-state index contributed by atoms with van der Waals surface area (Å²) in [4.78, 5) is 19.3. The van der Waals surface area contributed by atoms with Gasteiger partial charge in [0.25, 0.3) is 5.91 Å². The first-order valence-corrected chi connectivity index (χ1v) is 8.47. The fourth-order valence-corrected chi connectivity index (χ4v) is 3.69. The van der Waals surface area contributed by atoms with Gasteiger partial charge in [0.2, 0.25) is 5.89 Å². The summed E-state index contributed by atoms with van der Waals surface area (Å²) in [7, 11) is 1.65. The maximum atomic E-state index is 13.2. The van der Waals surface area contributed by atoms with Crippen molar-refractivity contribution < 1.29 is 18.8 Å². The molecule has 7 heteroatoms. The van der Waals surface area contributed by atoms with Crippen molar-refractivity contribution in [2.45, 2.75) is 44.4 Å². The van der Waals surface area contributed by atoms with E-state index in [1.165, 1.54) is 0 Å². The molecule has 1 aromatic carbocycles. The molecule has 3 heterocycles. The SMILES string of the molecule is CO[C@@H]1C[C@H](c2nc(C)no2)N(C(=O)[C@@H]2Oc3ccccc3[C@@H]2C)C1. The Morgan fingerprint density at radius 1 is 1.36 bits per heavy atom. The number of carbonyl (C=O) groups is 1. The number of carbonyl (C=O) groups excluding carboxylic acids is 1. The Kier molecular flexibility index (Phi) is 3.95. The van der Waals surface area contributed by atoms with E-state index < -0.39 is 6.10 Å². The number of aryl methyl sites for hydroxylation is 1. The van der Waals surface area contributed by atoms with Gasteiger partial charge >= 0.3 is 0 Å². The first-order chi connectivity index (χ1) is 12.1. The number of para-hydroxylation sites is 1. The highest BCUT2D eigenvalue weighted by atomic mass is 16.5. The van der Waals surface area contributed by atoms with Crippen LogP contribution >= 0.6 is 0 Å². The maximum Gasteiger partial charge on any atom is 0.265 e. The molecule has 1 fully saturated rings. The van der Waals surface area contributed by atoms with Gasteiger partial charge in [-0.15, -0.1) is 0 Å². The van der Waals surface area contributed by atoms with Gasteiger partial charge < -0.3 is 18.9 Å². The predicted molar refractivity (Wildman–Crippen MR) is 88.2 cm³/mol. The Bertz CT molecular complexity index is 790. The van der Waals surface area contributed by atoms with E-state index in [4.69, 9.17) is 14.0 Å². The van der Waals surface area contributed by atoms with Crippen molar-refractivity contribution in [3.63, 3.8) is 0 Å². The number of benzene rings is 1. The van der Waals surface area contributed by atoms with Crippen molar-refractivity contribution in [2.75, 3.05) is 13.7 Å². The normalized spacial score (nSPS) is 28.0. The van der Waals surface area contributed by atoms with Crippen LogP contribution in [0.15, 0.2) is 28.8 Å². The standard InChI is InChI=1S/C18H21N3O4/c1-10-13-6-4-5-7-15(13)24-16(10)18(22)21-9-12(23-3)8-14(21)17-19-11(2)20-25-17/h4-7,10,12,14,16H,8-9H2,1-3H3/t10-,12+,14+,16+/m0/s1. The fourth-order valence-electron chi connectivity index (χ4n) is 3.69. The highest BCUT2D eigenvalue weighted by molar-refractivity contribution is 5.84. The smallest absolute Gasteiger partial charge is 0.265 e. The number of rotatable bonds is 3. The number of likely N-dealkylation sites (tertiary alicyclic amines) is 1. The lowest BCUT2D eigenvalue weighted by Gasteiger charge is -2.26. The molecular formula is C18H21N3O4. The van der Waals surface area contributed by atoms with Crippen LogP contribution in [0.1, 0.15) is 42.6 Å². The molecule has 4 atom stereocenters. The van der Waals surface area contributed by atoms with E-state index in [2.05, 4.69) is 10.1 Å². The van der Waals surface area contributed by atoms with Gasteiger partial charge in [-0.25, -0.2) is 0 Å². The lowest BCUT2D eigenvalue weighted by molar-refractivity contribution is -0.140. The quantitative estimate of drug-likeness (QED) is 0.850. The van der Waals surface area contributed by atoms with Crippen LogP contribution in [-0.2, 0) is 9.53 Å². The number of ether oxygens (including phenoxy) is 2. The molecule has 132 valence electrons. The second kappa shape index (κ2) is 6.15. The largest absolute Gasteiger partial charge is 0.480 e. The zero-order valence-electron chi connectivity index (χ0n) is 14.5. The number of aromatic nitrogens is 2. The second-order valence-corrected chi connectivity index (χ2v) is 6.64. The minimum Gasteiger partial charge on any atom is -0.480 e. The maximum absolute atomic E-state index is 13.2. The first-order valence-electron chi connectivity index (χ1n) is 8.47. The highest BCUT2D eigenvalue weighted by Crippen LogP contribution is 2.41. The average Bonchev–Trinajstić information content (AvgIpc) is 3.31. The number of hydrogen-bond donors (Lipinski definition) is 0. The summed E-state index contributed by atoms with van der Waals surface area (Å²) in [6, 6.07) is 7.51. The molecule has 0 radical (unpaired) electrons. The van der Waals surface area contributed by atoms with Gasteiger partial charge in [0.05, 0.1) is 6.10 Å². The molecule has 1 aromatic heterocycles. The van der Waals surface area contributed by atoms with Crippen molar-refractivity contribution >= 4 is 5.91 Å². The van der Waals surface area contributed by atoms with Crippen molar-refractivity contribution in [3.8, 4) is 5.75 Å². The molecule has 0 saturated carbocycles. The molecule has 2 aliphatic heterocycles. The minimum absolute atomic E-state index is 0.00429. The van der Waals surface area contributed by atoms with Crippen LogP contribution < -0.4 is 4.74 Å². The Hall–Kier alpha value is -2.41. The molecule has 0 bridgehead atoms. The number of hydrogen-bond acceptors (Lipinski definition) is 6. The van der Waals surface area contributed by atoms with Gasteiger partial charge in [-0.1, -0.05) is 30.3 Å². The minimum atomic E-state index is -0.542. The molecule has 2 aliphatic rings. The molecule has 0 aliphatic carbocycles. The zero-order valence-corrected chi connectivity index (χ0v) is 14.5. The molecule has 7 nitrogen and oxygen atoms in total. The summed E-state index contributed by atoms with van der Waals surface area (Å²) >= 11 is 0. The topological polar surface area (TPSA) is 77.7 Å². The summed E-state index contributed by atoms with van der Waals surface area (Å²) < 4.78 is 16.8. The van der Waals surface area contributed by atoms with Gasteiger partial charge in [-0.3, -0.25) is 4.79 Å². The summed E-state index contributed by atoms with van der Waals surface area (Å²) in [6.45, 7) is 4.27. The Morgan fingerprint density at radius 3 is 2.84 bits per heavy atom. The molecule has 1 saturated heterocycles. The van der Waals surface area contributed by atoms with E-state index >= 15 is 0 Å². The summed E-state index contributed by atoms with van der Waals surface area (Å²) in [5, 5.41) is 3.85. The van der Waals surface area contributed by atoms with E-state index in [0.717, 1.165) is 11.3 Å². The molecule has 0 unspecified atom stereocenters.